The fourth-order valence-corrected chi connectivity index (χ4v) is 3.16. The molecule has 1 amide bonds. The van der Waals surface area contributed by atoms with Crippen molar-refractivity contribution in [2.45, 2.75) is 12.2 Å². The van der Waals surface area contributed by atoms with Crippen LogP contribution >= 0.6 is 0 Å². The van der Waals surface area contributed by atoms with Crippen LogP contribution in [-0.4, -0.2) is 42.4 Å². The number of benzene rings is 2. The van der Waals surface area contributed by atoms with Gasteiger partial charge in [0.2, 0.25) is 0 Å². The van der Waals surface area contributed by atoms with E-state index in [1.165, 1.54) is 0 Å². The molecule has 2 aromatic rings. The summed E-state index contributed by atoms with van der Waals surface area (Å²) in [5.41, 5.74) is -0.677. The largest absolute Gasteiger partial charge is 0.419 e. The first-order valence-electron chi connectivity index (χ1n) is 8.18. The molecule has 1 aliphatic rings. The van der Waals surface area contributed by atoms with Crippen LogP contribution in [0.2, 0.25) is 0 Å². The minimum absolute atomic E-state index is 0.163. The molecule has 1 saturated heterocycles. The summed E-state index contributed by atoms with van der Waals surface area (Å²) in [6.45, 7) is 1.57. The van der Waals surface area contributed by atoms with E-state index < -0.39 is 23.5 Å². The van der Waals surface area contributed by atoms with Gasteiger partial charge in [-0.25, -0.2) is 4.39 Å². The first kappa shape index (κ1) is 18.4. The number of rotatable bonds is 2. The number of likely N-dealkylation sites (N-methyl/N-ethyl adjacent to an activating group) is 1. The fourth-order valence-electron chi connectivity index (χ4n) is 3.16. The zero-order valence-corrected chi connectivity index (χ0v) is 14.1. The van der Waals surface area contributed by atoms with Crippen LogP contribution in [0.25, 0.3) is 0 Å². The predicted octanol–water partition coefficient (Wildman–Crippen LogP) is 3.97. The van der Waals surface area contributed by atoms with Crippen molar-refractivity contribution in [1.29, 1.82) is 0 Å². The van der Waals surface area contributed by atoms with Crippen molar-refractivity contribution in [2.75, 3.05) is 26.7 Å². The normalized spacial score (nSPS) is 18.8. The van der Waals surface area contributed by atoms with E-state index in [1.54, 1.807) is 4.90 Å². The van der Waals surface area contributed by atoms with E-state index in [1.807, 2.05) is 37.4 Å². The number of carbonyl (C=O) groups is 1. The third-order valence-corrected chi connectivity index (χ3v) is 4.55. The van der Waals surface area contributed by atoms with Gasteiger partial charge in [-0.05, 0) is 30.8 Å². The van der Waals surface area contributed by atoms with Crippen molar-refractivity contribution in [3.63, 3.8) is 0 Å². The lowest BCUT2D eigenvalue weighted by molar-refractivity contribution is -0.140. The van der Waals surface area contributed by atoms with Crippen molar-refractivity contribution in [3.05, 3.63) is 71.0 Å². The lowest BCUT2D eigenvalue weighted by Crippen LogP contribution is -2.49. The average Bonchev–Trinajstić information content (AvgIpc) is 2.61. The van der Waals surface area contributed by atoms with Gasteiger partial charge >= 0.3 is 6.18 Å². The second kappa shape index (κ2) is 7.07. The molecule has 0 aromatic heterocycles. The standard InChI is InChI=1S/C19H18F4N2O/c1-24-9-10-25(17(12-24)13-5-3-2-4-6-13)18(26)14-7-8-16(20)15(11-14)19(21,22)23/h2-8,11,17H,9-10,12H2,1H3. The van der Waals surface area contributed by atoms with Crippen LogP contribution in [0, 0.1) is 5.82 Å². The fraction of sp³-hybridized carbons (Fsp3) is 0.316. The molecule has 3 rings (SSSR count). The van der Waals surface area contributed by atoms with E-state index in [0.29, 0.717) is 31.8 Å². The van der Waals surface area contributed by atoms with Gasteiger partial charge in [-0.15, -0.1) is 0 Å². The van der Waals surface area contributed by atoms with Crippen molar-refractivity contribution >= 4 is 5.91 Å². The third kappa shape index (κ3) is 3.72. The molecule has 2 aromatic carbocycles. The molecule has 1 fully saturated rings. The lowest BCUT2D eigenvalue weighted by atomic mass is 10.0. The molecular formula is C19H18F4N2O. The summed E-state index contributed by atoms with van der Waals surface area (Å²) >= 11 is 0. The molecule has 1 unspecified atom stereocenters. The summed E-state index contributed by atoms with van der Waals surface area (Å²) in [6.07, 6.45) is -4.85. The van der Waals surface area contributed by atoms with Crippen LogP contribution in [0.1, 0.15) is 27.5 Å². The molecule has 0 saturated carbocycles. The summed E-state index contributed by atoms with van der Waals surface area (Å²) in [7, 11) is 1.93. The summed E-state index contributed by atoms with van der Waals surface area (Å²) < 4.78 is 52.4. The molecule has 0 N–H and O–H groups in total. The minimum atomic E-state index is -4.85. The zero-order valence-electron chi connectivity index (χ0n) is 14.1. The van der Waals surface area contributed by atoms with Gasteiger partial charge in [0.15, 0.2) is 0 Å². The van der Waals surface area contributed by atoms with Crippen LogP contribution < -0.4 is 0 Å². The molecule has 26 heavy (non-hydrogen) atoms. The molecule has 138 valence electrons. The molecule has 1 atom stereocenters. The first-order chi connectivity index (χ1) is 12.3. The van der Waals surface area contributed by atoms with Crippen molar-refractivity contribution in [1.82, 2.24) is 9.80 Å². The second-order valence-electron chi connectivity index (χ2n) is 6.38. The molecule has 0 radical (unpaired) electrons. The summed E-state index contributed by atoms with van der Waals surface area (Å²) in [4.78, 5) is 16.5. The third-order valence-electron chi connectivity index (χ3n) is 4.55. The highest BCUT2D eigenvalue weighted by Gasteiger charge is 2.36. The van der Waals surface area contributed by atoms with Crippen molar-refractivity contribution in [2.24, 2.45) is 0 Å². The van der Waals surface area contributed by atoms with Gasteiger partial charge in [0.25, 0.3) is 5.91 Å². The Balaban J connectivity index is 1.95. The lowest BCUT2D eigenvalue weighted by Gasteiger charge is -2.40. The molecule has 0 spiro atoms. The van der Waals surface area contributed by atoms with E-state index >= 15 is 0 Å². The quantitative estimate of drug-likeness (QED) is 0.751. The molecule has 0 aliphatic carbocycles. The number of piperazine rings is 1. The van der Waals surface area contributed by atoms with Crippen LogP contribution in [0.15, 0.2) is 48.5 Å². The maximum Gasteiger partial charge on any atom is 0.419 e. The highest BCUT2D eigenvalue weighted by molar-refractivity contribution is 5.94. The number of halogens is 4. The van der Waals surface area contributed by atoms with Gasteiger partial charge in [0.1, 0.15) is 5.82 Å². The van der Waals surface area contributed by atoms with Gasteiger partial charge < -0.3 is 9.80 Å². The number of nitrogens with zero attached hydrogens (tertiary/aromatic N) is 2. The van der Waals surface area contributed by atoms with Gasteiger partial charge in [0, 0.05) is 25.2 Å². The molecule has 1 aliphatic heterocycles. The SMILES string of the molecule is CN1CCN(C(=O)c2ccc(F)c(C(F)(F)F)c2)C(c2ccccc2)C1. The molecule has 0 bridgehead atoms. The maximum atomic E-state index is 13.5. The first-order valence-corrected chi connectivity index (χ1v) is 8.18. The Morgan fingerprint density at radius 1 is 1.08 bits per heavy atom. The molecule has 1 heterocycles. The maximum absolute atomic E-state index is 13.5. The Labute approximate surface area is 148 Å². The van der Waals surface area contributed by atoms with E-state index in [4.69, 9.17) is 0 Å². The van der Waals surface area contributed by atoms with Crippen LogP contribution in [0.5, 0.6) is 0 Å². The van der Waals surface area contributed by atoms with Crippen molar-refractivity contribution < 1.29 is 22.4 Å². The van der Waals surface area contributed by atoms with E-state index in [-0.39, 0.29) is 11.6 Å². The number of alkyl halides is 3. The van der Waals surface area contributed by atoms with Gasteiger partial charge in [-0.1, -0.05) is 30.3 Å². The van der Waals surface area contributed by atoms with E-state index in [0.717, 1.165) is 11.6 Å². The van der Waals surface area contributed by atoms with Gasteiger partial charge in [-0.2, -0.15) is 13.2 Å². The Hall–Kier alpha value is -2.41. The van der Waals surface area contributed by atoms with Crippen LogP contribution in [0.3, 0.4) is 0 Å². The minimum Gasteiger partial charge on any atom is -0.329 e. The predicted molar refractivity (Wildman–Crippen MR) is 89.1 cm³/mol. The van der Waals surface area contributed by atoms with E-state index in [2.05, 4.69) is 4.90 Å². The molecular weight excluding hydrogens is 348 g/mol. The Bertz CT molecular complexity index is 792. The van der Waals surface area contributed by atoms with Crippen LogP contribution in [-0.2, 0) is 6.18 Å². The number of hydrogen-bond acceptors (Lipinski definition) is 2. The average molecular weight is 366 g/mol. The molecule has 7 heteroatoms. The number of hydrogen-bond donors (Lipinski definition) is 0. The molecule has 3 nitrogen and oxygen atoms in total. The van der Waals surface area contributed by atoms with Crippen molar-refractivity contribution in [3.8, 4) is 0 Å². The Morgan fingerprint density at radius 3 is 2.42 bits per heavy atom. The monoisotopic (exact) mass is 366 g/mol. The second-order valence-corrected chi connectivity index (χ2v) is 6.38. The van der Waals surface area contributed by atoms with E-state index in [9.17, 15) is 22.4 Å². The number of amides is 1. The Kier molecular flexibility index (Phi) is 5.00. The smallest absolute Gasteiger partial charge is 0.329 e. The summed E-state index contributed by atoms with van der Waals surface area (Å²) in [5, 5.41) is 0. The highest BCUT2D eigenvalue weighted by Crippen LogP contribution is 2.33. The van der Waals surface area contributed by atoms with Gasteiger partial charge in [-0.3, -0.25) is 4.79 Å². The highest BCUT2D eigenvalue weighted by atomic mass is 19.4. The zero-order chi connectivity index (χ0) is 18.9. The summed E-state index contributed by atoms with van der Waals surface area (Å²) in [6, 6.07) is 11.5. The Morgan fingerprint density at radius 2 is 1.77 bits per heavy atom. The number of carbonyl (C=O) groups excluding carboxylic acids is 1. The topological polar surface area (TPSA) is 23.6 Å². The van der Waals surface area contributed by atoms with Gasteiger partial charge in [0.05, 0.1) is 11.6 Å². The van der Waals surface area contributed by atoms with Crippen LogP contribution in [0.4, 0.5) is 17.6 Å². The summed E-state index contributed by atoms with van der Waals surface area (Å²) in [5.74, 6) is -1.91.